The van der Waals surface area contributed by atoms with E-state index in [0.29, 0.717) is 23.0 Å². The number of hydrogen-bond acceptors (Lipinski definition) is 5. The predicted octanol–water partition coefficient (Wildman–Crippen LogP) is 7.10. The van der Waals surface area contributed by atoms with E-state index >= 15 is 0 Å². The number of benzene rings is 2. The summed E-state index contributed by atoms with van der Waals surface area (Å²) < 4.78 is 16.6. The van der Waals surface area contributed by atoms with Crippen molar-refractivity contribution >= 4 is 17.7 Å². The maximum Gasteiger partial charge on any atom is 0.287 e. The molecule has 1 unspecified atom stereocenters. The van der Waals surface area contributed by atoms with Crippen LogP contribution in [0.25, 0.3) is 0 Å². The minimum Gasteiger partial charge on any atom is -0.493 e. The molecule has 0 saturated carbocycles. The number of methoxy groups -OCH3 is 2. The Hall–Kier alpha value is -3.12. The van der Waals surface area contributed by atoms with Crippen molar-refractivity contribution in [1.82, 2.24) is 5.32 Å². The third kappa shape index (κ3) is 6.06. The molecule has 2 aromatic carbocycles. The molecular formula is C28H33NO4S. The van der Waals surface area contributed by atoms with Crippen molar-refractivity contribution in [2.24, 2.45) is 0 Å². The van der Waals surface area contributed by atoms with Gasteiger partial charge in [0.1, 0.15) is 0 Å². The van der Waals surface area contributed by atoms with Crippen molar-refractivity contribution in [1.29, 1.82) is 0 Å². The van der Waals surface area contributed by atoms with Crippen LogP contribution in [0.1, 0.15) is 60.5 Å². The van der Waals surface area contributed by atoms with Crippen molar-refractivity contribution in [3.63, 3.8) is 0 Å². The fourth-order valence-electron chi connectivity index (χ4n) is 3.53. The maximum atomic E-state index is 13.0. The normalized spacial score (nSPS) is 12.2. The summed E-state index contributed by atoms with van der Waals surface area (Å²) in [5, 5.41) is 3.72. The lowest BCUT2D eigenvalue weighted by molar-refractivity contribution is 0.0903. The van der Waals surface area contributed by atoms with Gasteiger partial charge in [-0.3, -0.25) is 4.79 Å². The highest BCUT2D eigenvalue weighted by Crippen LogP contribution is 2.35. The van der Waals surface area contributed by atoms with E-state index in [4.69, 9.17) is 13.9 Å². The average Bonchev–Trinajstić information content (AvgIpc) is 3.27. The zero-order valence-electron chi connectivity index (χ0n) is 20.7. The lowest BCUT2D eigenvalue weighted by Gasteiger charge is -2.20. The van der Waals surface area contributed by atoms with Crippen LogP contribution in [0.15, 0.2) is 75.6 Å². The minimum absolute atomic E-state index is 0.0571. The highest BCUT2D eigenvalue weighted by molar-refractivity contribution is 7.99. The van der Waals surface area contributed by atoms with Gasteiger partial charge in [-0.25, -0.2) is 0 Å². The molecule has 3 rings (SSSR count). The van der Waals surface area contributed by atoms with E-state index in [1.54, 1.807) is 26.4 Å². The SMILES string of the molecule is C=CCC(NC(=O)c1ccc(Sc2cc(C(C)(C)C)ccc2C)o1)c1ccc(OC)c(OC)c1. The first-order valence-corrected chi connectivity index (χ1v) is 12.0. The van der Waals surface area contributed by atoms with E-state index in [-0.39, 0.29) is 23.1 Å². The van der Waals surface area contributed by atoms with Gasteiger partial charge in [0.05, 0.1) is 20.3 Å². The highest BCUT2D eigenvalue weighted by atomic mass is 32.2. The van der Waals surface area contributed by atoms with Crippen LogP contribution in [-0.2, 0) is 5.41 Å². The van der Waals surface area contributed by atoms with Crippen LogP contribution in [0.4, 0.5) is 0 Å². The summed E-state index contributed by atoms with van der Waals surface area (Å²) in [6.07, 6.45) is 2.33. The number of nitrogens with one attached hydrogen (secondary N) is 1. The van der Waals surface area contributed by atoms with Crippen LogP contribution in [0.3, 0.4) is 0 Å². The first-order valence-electron chi connectivity index (χ1n) is 11.2. The predicted molar refractivity (Wildman–Crippen MR) is 137 cm³/mol. The van der Waals surface area contributed by atoms with Crippen molar-refractivity contribution in [2.45, 2.75) is 55.6 Å². The molecule has 0 saturated heterocycles. The van der Waals surface area contributed by atoms with Crippen molar-refractivity contribution in [3.05, 3.63) is 83.6 Å². The summed E-state index contributed by atoms with van der Waals surface area (Å²) >= 11 is 1.52. The van der Waals surface area contributed by atoms with Gasteiger partial charge in [-0.2, -0.15) is 0 Å². The molecule has 0 aliphatic rings. The third-order valence-corrected chi connectivity index (χ3v) is 6.67. The number of furan rings is 1. The molecular weight excluding hydrogens is 446 g/mol. The molecule has 0 fully saturated rings. The van der Waals surface area contributed by atoms with Gasteiger partial charge in [-0.15, -0.1) is 6.58 Å². The monoisotopic (exact) mass is 479 g/mol. The summed E-state index contributed by atoms with van der Waals surface area (Å²) in [6, 6.07) is 15.3. The average molecular weight is 480 g/mol. The van der Waals surface area contributed by atoms with E-state index < -0.39 is 0 Å². The number of carbonyl (C=O) groups is 1. The first kappa shape index (κ1) is 25.5. The summed E-state index contributed by atoms with van der Waals surface area (Å²) in [5.41, 5.74) is 3.37. The second kappa shape index (κ2) is 10.9. The van der Waals surface area contributed by atoms with E-state index in [2.05, 4.69) is 57.8 Å². The van der Waals surface area contributed by atoms with Crippen molar-refractivity contribution in [3.8, 4) is 11.5 Å². The van der Waals surface area contributed by atoms with E-state index in [1.807, 2.05) is 24.3 Å². The molecule has 0 radical (unpaired) electrons. The molecule has 1 amide bonds. The second-order valence-electron chi connectivity index (χ2n) is 9.12. The van der Waals surface area contributed by atoms with E-state index in [9.17, 15) is 4.79 Å². The lowest BCUT2D eigenvalue weighted by Crippen LogP contribution is -2.28. The molecule has 180 valence electrons. The minimum atomic E-state index is -0.284. The maximum absolute atomic E-state index is 13.0. The summed E-state index contributed by atoms with van der Waals surface area (Å²) in [4.78, 5) is 14.1. The molecule has 0 spiro atoms. The Kier molecular flexibility index (Phi) is 8.15. The molecule has 6 heteroatoms. The summed E-state index contributed by atoms with van der Waals surface area (Å²) in [5.74, 6) is 1.22. The summed E-state index contributed by atoms with van der Waals surface area (Å²) in [6.45, 7) is 12.5. The second-order valence-corrected chi connectivity index (χ2v) is 10.2. The first-order chi connectivity index (χ1) is 16.2. The van der Waals surface area contributed by atoms with E-state index in [1.165, 1.54) is 22.9 Å². The molecule has 3 aromatic rings. The van der Waals surface area contributed by atoms with Gasteiger partial charge >= 0.3 is 0 Å². The third-order valence-electron chi connectivity index (χ3n) is 5.59. The van der Waals surface area contributed by atoms with Gasteiger partial charge in [0, 0.05) is 4.90 Å². The number of rotatable bonds is 9. The number of carbonyl (C=O) groups excluding carboxylic acids is 1. The van der Waals surface area contributed by atoms with Crippen LogP contribution in [0.5, 0.6) is 11.5 Å². The van der Waals surface area contributed by atoms with Gasteiger partial charge < -0.3 is 19.2 Å². The standard InChI is InChI=1S/C28H33NO4S/c1-8-9-21(19-11-13-22(31-6)24(16-19)32-7)29-27(30)23-14-15-26(33-23)34-25-17-20(28(3,4)5)12-10-18(25)2/h8,10-17,21H,1,9H2,2-7H3,(H,29,30). The van der Waals surface area contributed by atoms with Crippen LogP contribution in [0.2, 0.25) is 0 Å². The Morgan fingerprint density at radius 1 is 1.09 bits per heavy atom. The van der Waals surface area contributed by atoms with Crippen LogP contribution in [-0.4, -0.2) is 20.1 Å². The number of hydrogen-bond donors (Lipinski definition) is 1. The zero-order valence-corrected chi connectivity index (χ0v) is 21.5. The highest BCUT2D eigenvalue weighted by Gasteiger charge is 2.20. The van der Waals surface area contributed by atoms with E-state index in [0.717, 1.165) is 10.5 Å². The Labute approximate surface area is 206 Å². The van der Waals surface area contributed by atoms with Crippen molar-refractivity contribution < 1.29 is 18.7 Å². The zero-order chi connectivity index (χ0) is 24.9. The molecule has 0 aliphatic carbocycles. The van der Waals surface area contributed by atoms with Crippen LogP contribution >= 0.6 is 11.8 Å². The van der Waals surface area contributed by atoms with Crippen molar-refractivity contribution in [2.75, 3.05) is 14.2 Å². The Morgan fingerprint density at radius 3 is 2.47 bits per heavy atom. The van der Waals surface area contributed by atoms with Crippen LogP contribution < -0.4 is 14.8 Å². The molecule has 1 heterocycles. The lowest BCUT2D eigenvalue weighted by atomic mass is 9.87. The van der Waals surface area contributed by atoms with Crippen LogP contribution in [0, 0.1) is 6.92 Å². The molecule has 1 atom stereocenters. The Balaban J connectivity index is 1.77. The molecule has 0 bridgehead atoms. The molecule has 1 aromatic heterocycles. The molecule has 34 heavy (non-hydrogen) atoms. The quantitative estimate of drug-likeness (QED) is 0.332. The number of amides is 1. The molecule has 5 nitrogen and oxygen atoms in total. The number of ether oxygens (including phenoxy) is 2. The van der Waals surface area contributed by atoms with Gasteiger partial charge in [0.25, 0.3) is 5.91 Å². The van der Waals surface area contributed by atoms with Gasteiger partial charge in [-0.05, 0) is 65.8 Å². The Morgan fingerprint density at radius 2 is 1.82 bits per heavy atom. The smallest absolute Gasteiger partial charge is 0.287 e. The molecule has 0 aliphatic heterocycles. The van der Waals surface area contributed by atoms with Gasteiger partial charge in [0.15, 0.2) is 22.4 Å². The molecule has 1 N–H and O–H groups in total. The number of aryl methyl sites for hydroxylation is 1. The Bertz CT molecular complexity index is 1160. The fraction of sp³-hybridized carbons (Fsp3) is 0.321. The summed E-state index contributed by atoms with van der Waals surface area (Å²) in [7, 11) is 3.18. The van der Waals surface area contributed by atoms with Gasteiger partial charge in [0.2, 0.25) is 0 Å². The van der Waals surface area contributed by atoms with Gasteiger partial charge in [-0.1, -0.05) is 56.8 Å². The largest absolute Gasteiger partial charge is 0.493 e. The fourth-order valence-corrected chi connectivity index (χ4v) is 4.43. The topological polar surface area (TPSA) is 60.7 Å².